The average Bonchev–Trinajstić information content (AvgIpc) is 2.68. The van der Waals surface area contributed by atoms with Crippen LogP contribution in [0.4, 0.5) is 0 Å². The number of amides is 2. The van der Waals surface area contributed by atoms with Crippen LogP contribution in [-0.4, -0.2) is 49.1 Å². The van der Waals surface area contributed by atoms with Gasteiger partial charge in [0.1, 0.15) is 6.04 Å². The SMILES string of the molecule is O=C(N[C@@H](Cc1ccccc1)C(=O)N1CCOCC1)c1ccccc1Cl. The zero-order chi connectivity index (χ0) is 18.4. The molecule has 0 saturated carbocycles. The Bertz CT molecular complexity index is 761. The molecule has 1 saturated heterocycles. The average molecular weight is 373 g/mol. The van der Waals surface area contributed by atoms with E-state index in [-0.39, 0.29) is 11.8 Å². The molecule has 1 aliphatic heterocycles. The van der Waals surface area contributed by atoms with Gasteiger partial charge in [-0.3, -0.25) is 9.59 Å². The highest BCUT2D eigenvalue weighted by Gasteiger charge is 2.28. The molecule has 2 amide bonds. The lowest BCUT2D eigenvalue weighted by Crippen LogP contribution is -2.52. The van der Waals surface area contributed by atoms with Crippen LogP contribution in [0.25, 0.3) is 0 Å². The number of halogens is 1. The molecule has 2 aromatic rings. The molecule has 0 unspecified atom stereocenters. The van der Waals surface area contributed by atoms with E-state index < -0.39 is 6.04 Å². The normalized spacial score (nSPS) is 15.3. The second kappa shape index (κ2) is 8.83. The van der Waals surface area contributed by atoms with E-state index in [2.05, 4.69) is 5.32 Å². The van der Waals surface area contributed by atoms with Crippen LogP contribution >= 0.6 is 11.6 Å². The molecule has 3 rings (SSSR count). The molecule has 1 aliphatic rings. The molecule has 136 valence electrons. The monoisotopic (exact) mass is 372 g/mol. The van der Waals surface area contributed by atoms with Crippen LogP contribution in [0.1, 0.15) is 15.9 Å². The molecule has 2 aromatic carbocycles. The molecule has 5 nitrogen and oxygen atoms in total. The van der Waals surface area contributed by atoms with Gasteiger partial charge in [0.25, 0.3) is 5.91 Å². The van der Waals surface area contributed by atoms with E-state index >= 15 is 0 Å². The third-order valence-corrected chi connectivity index (χ3v) is 4.66. The summed E-state index contributed by atoms with van der Waals surface area (Å²) in [4.78, 5) is 27.4. The number of benzene rings is 2. The molecule has 26 heavy (non-hydrogen) atoms. The Hall–Kier alpha value is -2.37. The van der Waals surface area contributed by atoms with Crippen LogP contribution in [0.3, 0.4) is 0 Å². The maximum absolute atomic E-state index is 13.0. The third-order valence-electron chi connectivity index (χ3n) is 4.33. The number of morpholine rings is 1. The van der Waals surface area contributed by atoms with Crippen molar-refractivity contribution in [3.8, 4) is 0 Å². The molecule has 0 spiro atoms. The van der Waals surface area contributed by atoms with E-state index in [0.717, 1.165) is 5.56 Å². The Balaban J connectivity index is 1.78. The molecule has 1 N–H and O–H groups in total. The minimum atomic E-state index is -0.653. The molecule has 1 heterocycles. The first-order valence-corrected chi connectivity index (χ1v) is 8.99. The fourth-order valence-electron chi connectivity index (χ4n) is 2.94. The summed E-state index contributed by atoms with van der Waals surface area (Å²) in [6.07, 6.45) is 0.424. The Labute approximate surface area is 157 Å². The van der Waals surface area contributed by atoms with Crippen molar-refractivity contribution in [2.45, 2.75) is 12.5 Å². The fraction of sp³-hybridized carbons (Fsp3) is 0.300. The number of ether oxygens (including phenoxy) is 1. The highest BCUT2D eigenvalue weighted by Crippen LogP contribution is 2.16. The second-order valence-electron chi connectivity index (χ2n) is 6.13. The van der Waals surface area contributed by atoms with Gasteiger partial charge < -0.3 is 15.0 Å². The molecule has 1 atom stereocenters. The predicted molar refractivity (Wildman–Crippen MR) is 100 cm³/mol. The van der Waals surface area contributed by atoms with E-state index in [9.17, 15) is 9.59 Å². The van der Waals surface area contributed by atoms with Gasteiger partial charge in [-0.05, 0) is 17.7 Å². The summed E-state index contributed by atoms with van der Waals surface area (Å²) >= 11 is 6.12. The van der Waals surface area contributed by atoms with Gasteiger partial charge in [-0.15, -0.1) is 0 Å². The van der Waals surface area contributed by atoms with Gasteiger partial charge in [-0.1, -0.05) is 54.1 Å². The topological polar surface area (TPSA) is 58.6 Å². The summed E-state index contributed by atoms with van der Waals surface area (Å²) < 4.78 is 5.32. The minimum absolute atomic E-state index is 0.0995. The van der Waals surface area contributed by atoms with Gasteiger partial charge in [0, 0.05) is 19.5 Å². The van der Waals surface area contributed by atoms with Crippen molar-refractivity contribution in [1.29, 1.82) is 0 Å². The molecular weight excluding hydrogens is 352 g/mol. The standard InChI is InChI=1S/C20H21ClN2O3/c21-17-9-5-4-8-16(17)19(24)22-18(14-15-6-2-1-3-7-15)20(25)23-10-12-26-13-11-23/h1-9,18H,10-14H2,(H,22,24)/t18-/m0/s1. The van der Waals surface area contributed by atoms with Gasteiger partial charge in [-0.2, -0.15) is 0 Å². The summed E-state index contributed by atoms with van der Waals surface area (Å²) in [5, 5.41) is 3.23. The summed E-state index contributed by atoms with van der Waals surface area (Å²) in [6, 6.07) is 15.8. The number of nitrogens with one attached hydrogen (secondary N) is 1. The quantitative estimate of drug-likeness (QED) is 0.877. The lowest BCUT2D eigenvalue weighted by Gasteiger charge is -2.31. The van der Waals surface area contributed by atoms with Gasteiger partial charge >= 0.3 is 0 Å². The van der Waals surface area contributed by atoms with Crippen LogP contribution < -0.4 is 5.32 Å². The molecule has 0 aliphatic carbocycles. The van der Waals surface area contributed by atoms with Crippen LogP contribution in [0.2, 0.25) is 5.02 Å². The Morgan fingerprint density at radius 2 is 1.69 bits per heavy atom. The smallest absolute Gasteiger partial charge is 0.253 e. The Morgan fingerprint density at radius 1 is 1.04 bits per heavy atom. The van der Waals surface area contributed by atoms with Crippen molar-refractivity contribution in [2.75, 3.05) is 26.3 Å². The number of carbonyl (C=O) groups excluding carboxylic acids is 2. The van der Waals surface area contributed by atoms with Gasteiger partial charge in [0.05, 0.1) is 23.8 Å². The Kier molecular flexibility index (Phi) is 6.26. The highest BCUT2D eigenvalue weighted by atomic mass is 35.5. The first-order chi connectivity index (χ1) is 12.6. The molecule has 6 heteroatoms. The first-order valence-electron chi connectivity index (χ1n) is 8.61. The number of carbonyl (C=O) groups is 2. The third kappa shape index (κ3) is 4.62. The molecule has 0 radical (unpaired) electrons. The van der Waals surface area contributed by atoms with E-state index in [4.69, 9.17) is 16.3 Å². The largest absolute Gasteiger partial charge is 0.378 e. The second-order valence-corrected chi connectivity index (χ2v) is 6.54. The summed E-state index contributed by atoms with van der Waals surface area (Å²) in [5.74, 6) is -0.448. The van der Waals surface area contributed by atoms with Gasteiger partial charge in [0.15, 0.2) is 0 Å². The van der Waals surface area contributed by atoms with Crippen molar-refractivity contribution in [1.82, 2.24) is 10.2 Å². The zero-order valence-corrected chi connectivity index (χ0v) is 15.1. The first kappa shape index (κ1) is 18.4. The number of rotatable bonds is 5. The van der Waals surface area contributed by atoms with Gasteiger partial charge in [0.2, 0.25) is 5.91 Å². The fourth-order valence-corrected chi connectivity index (χ4v) is 3.16. The molecule has 0 bridgehead atoms. The number of nitrogens with zero attached hydrogens (tertiary/aromatic N) is 1. The van der Waals surface area contributed by atoms with Crippen molar-refractivity contribution < 1.29 is 14.3 Å². The molecule has 0 aromatic heterocycles. The van der Waals surface area contributed by atoms with E-state index in [1.54, 1.807) is 29.2 Å². The van der Waals surface area contributed by atoms with E-state index in [1.165, 1.54) is 0 Å². The summed E-state index contributed by atoms with van der Waals surface area (Å²) in [6.45, 7) is 2.10. The summed E-state index contributed by atoms with van der Waals surface area (Å²) in [5.41, 5.74) is 1.35. The number of hydrogen-bond acceptors (Lipinski definition) is 3. The van der Waals surface area contributed by atoms with E-state index in [1.807, 2.05) is 30.3 Å². The summed E-state index contributed by atoms with van der Waals surface area (Å²) in [7, 11) is 0. The van der Waals surface area contributed by atoms with Crippen LogP contribution in [0.5, 0.6) is 0 Å². The van der Waals surface area contributed by atoms with Crippen molar-refractivity contribution >= 4 is 23.4 Å². The highest BCUT2D eigenvalue weighted by molar-refractivity contribution is 6.33. The van der Waals surface area contributed by atoms with Gasteiger partial charge in [-0.25, -0.2) is 0 Å². The maximum atomic E-state index is 13.0. The van der Waals surface area contributed by atoms with Crippen LogP contribution in [0, 0.1) is 0 Å². The lowest BCUT2D eigenvalue weighted by atomic mass is 10.0. The van der Waals surface area contributed by atoms with Crippen LogP contribution in [0.15, 0.2) is 54.6 Å². The predicted octanol–water partition coefficient (Wildman–Crippen LogP) is 2.54. The number of hydrogen-bond donors (Lipinski definition) is 1. The van der Waals surface area contributed by atoms with Crippen LogP contribution in [-0.2, 0) is 16.0 Å². The molecule has 1 fully saturated rings. The van der Waals surface area contributed by atoms with Crippen molar-refractivity contribution in [2.24, 2.45) is 0 Å². The zero-order valence-electron chi connectivity index (χ0n) is 14.4. The Morgan fingerprint density at radius 3 is 2.38 bits per heavy atom. The van der Waals surface area contributed by atoms with E-state index in [0.29, 0.717) is 43.3 Å². The molecular formula is C20H21ClN2O3. The maximum Gasteiger partial charge on any atom is 0.253 e. The lowest BCUT2D eigenvalue weighted by molar-refractivity contribution is -0.137. The minimum Gasteiger partial charge on any atom is -0.378 e. The van der Waals surface area contributed by atoms with Crippen molar-refractivity contribution in [3.05, 3.63) is 70.7 Å². The van der Waals surface area contributed by atoms with Crippen molar-refractivity contribution in [3.63, 3.8) is 0 Å².